The molecular formula is C14H16N4O. The highest BCUT2D eigenvalue weighted by molar-refractivity contribution is 5.61. The highest BCUT2D eigenvalue weighted by Crippen LogP contribution is 2.45. The van der Waals surface area contributed by atoms with Gasteiger partial charge in [-0.1, -0.05) is 0 Å². The fourth-order valence-corrected chi connectivity index (χ4v) is 2.46. The van der Waals surface area contributed by atoms with E-state index < -0.39 is 0 Å². The molecule has 2 atom stereocenters. The van der Waals surface area contributed by atoms with Crippen LogP contribution < -0.4 is 0 Å². The number of carbonyl (C=O) groups excluding carboxylic acids is 1. The van der Waals surface area contributed by atoms with E-state index in [1.165, 1.54) is 0 Å². The average Bonchev–Trinajstić information content (AvgIpc) is 3.07. The van der Waals surface area contributed by atoms with Crippen LogP contribution in [0, 0.1) is 26.7 Å². The zero-order valence-corrected chi connectivity index (χ0v) is 11.3. The molecule has 0 aromatic carbocycles. The molecule has 98 valence electrons. The summed E-state index contributed by atoms with van der Waals surface area (Å²) >= 11 is 0. The van der Waals surface area contributed by atoms with Crippen molar-refractivity contribution in [1.29, 1.82) is 0 Å². The second-order valence-electron chi connectivity index (χ2n) is 5.15. The van der Waals surface area contributed by atoms with E-state index in [-0.39, 0.29) is 11.8 Å². The largest absolute Gasteiger partial charge is 0.303 e. The molecule has 2 heterocycles. The van der Waals surface area contributed by atoms with Crippen molar-refractivity contribution in [3.05, 3.63) is 35.2 Å². The quantitative estimate of drug-likeness (QED) is 0.787. The number of carbonyl (C=O) groups is 1. The van der Waals surface area contributed by atoms with Crippen LogP contribution >= 0.6 is 0 Å². The monoisotopic (exact) mass is 256 g/mol. The van der Waals surface area contributed by atoms with Crippen LogP contribution in [0.25, 0.3) is 5.69 Å². The minimum absolute atomic E-state index is 0.140. The molecule has 0 radical (unpaired) electrons. The van der Waals surface area contributed by atoms with Gasteiger partial charge in [-0.05, 0) is 39.3 Å². The van der Waals surface area contributed by atoms with Gasteiger partial charge >= 0.3 is 0 Å². The van der Waals surface area contributed by atoms with Gasteiger partial charge in [0.2, 0.25) is 0 Å². The minimum atomic E-state index is 0.140. The van der Waals surface area contributed by atoms with Gasteiger partial charge < -0.3 is 4.79 Å². The molecule has 0 aliphatic heterocycles. The summed E-state index contributed by atoms with van der Waals surface area (Å²) in [5, 5.41) is 4.39. The van der Waals surface area contributed by atoms with E-state index in [1.807, 2.05) is 37.6 Å². The van der Waals surface area contributed by atoms with Gasteiger partial charge in [0, 0.05) is 23.2 Å². The van der Waals surface area contributed by atoms with Gasteiger partial charge in [0.15, 0.2) is 0 Å². The van der Waals surface area contributed by atoms with Crippen LogP contribution in [0.3, 0.4) is 0 Å². The third-order valence-electron chi connectivity index (χ3n) is 3.47. The van der Waals surface area contributed by atoms with Crippen molar-refractivity contribution < 1.29 is 4.79 Å². The predicted molar refractivity (Wildman–Crippen MR) is 70.3 cm³/mol. The molecule has 1 aliphatic rings. The van der Waals surface area contributed by atoms with Crippen molar-refractivity contribution in [1.82, 2.24) is 19.7 Å². The summed E-state index contributed by atoms with van der Waals surface area (Å²) in [4.78, 5) is 19.6. The Kier molecular flexibility index (Phi) is 2.69. The Labute approximate surface area is 111 Å². The van der Waals surface area contributed by atoms with E-state index >= 15 is 0 Å². The van der Waals surface area contributed by atoms with Crippen LogP contribution in [0.5, 0.6) is 0 Å². The number of aromatic nitrogens is 4. The molecule has 5 heteroatoms. The van der Waals surface area contributed by atoms with Gasteiger partial charge in [0.05, 0.1) is 5.69 Å². The molecule has 1 aliphatic carbocycles. The molecule has 0 unspecified atom stereocenters. The second kappa shape index (κ2) is 4.26. The Bertz CT molecular complexity index is 647. The second-order valence-corrected chi connectivity index (χ2v) is 5.15. The van der Waals surface area contributed by atoms with Gasteiger partial charge in [0.1, 0.15) is 17.9 Å². The number of aldehydes is 1. The summed E-state index contributed by atoms with van der Waals surface area (Å²) in [7, 11) is 0. The molecule has 0 bridgehead atoms. The lowest BCUT2D eigenvalue weighted by atomic mass is 10.2. The standard InChI is InChI=1S/C14H16N4O/c1-8-4-12(18-10(3)16-9(2)17-18)6-14(15-8)13-5-11(13)7-19/h4,6-7,11,13H,5H2,1-3H3/t11-,13+/m0/s1. The molecule has 2 aromatic rings. The predicted octanol–water partition coefficient (Wildman–Crippen LogP) is 1.89. The van der Waals surface area contributed by atoms with Crippen LogP contribution in [-0.2, 0) is 4.79 Å². The van der Waals surface area contributed by atoms with Gasteiger partial charge in [-0.3, -0.25) is 4.98 Å². The lowest BCUT2D eigenvalue weighted by Crippen LogP contribution is -2.03. The molecular weight excluding hydrogens is 240 g/mol. The summed E-state index contributed by atoms with van der Waals surface area (Å²) in [6, 6.07) is 4.01. The van der Waals surface area contributed by atoms with Crippen molar-refractivity contribution in [3.63, 3.8) is 0 Å². The van der Waals surface area contributed by atoms with Gasteiger partial charge in [0.25, 0.3) is 0 Å². The first kappa shape index (κ1) is 12.0. The molecule has 0 spiro atoms. The number of hydrogen-bond acceptors (Lipinski definition) is 4. The topological polar surface area (TPSA) is 60.7 Å². The minimum Gasteiger partial charge on any atom is -0.303 e. The summed E-state index contributed by atoms with van der Waals surface area (Å²) < 4.78 is 1.83. The molecule has 0 saturated heterocycles. The first-order chi connectivity index (χ1) is 9.08. The van der Waals surface area contributed by atoms with Gasteiger partial charge in [-0.15, -0.1) is 0 Å². The molecule has 1 fully saturated rings. The van der Waals surface area contributed by atoms with E-state index in [2.05, 4.69) is 15.1 Å². The number of aryl methyl sites for hydroxylation is 3. The molecule has 0 N–H and O–H groups in total. The number of hydrogen-bond donors (Lipinski definition) is 0. The summed E-state index contributed by atoms with van der Waals surface area (Å²) in [6.07, 6.45) is 1.94. The van der Waals surface area contributed by atoms with Crippen LogP contribution in [0.1, 0.15) is 35.4 Å². The molecule has 2 aromatic heterocycles. The third-order valence-corrected chi connectivity index (χ3v) is 3.47. The maximum atomic E-state index is 10.8. The van der Waals surface area contributed by atoms with Crippen molar-refractivity contribution in [3.8, 4) is 5.69 Å². The first-order valence-electron chi connectivity index (χ1n) is 6.43. The average molecular weight is 256 g/mol. The van der Waals surface area contributed by atoms with E-state index in [0.717, 1.165) is 41.4 Å². The zero-order valence-electron chi connectivity index (χ0n) is 11.3. The third kappa shape index (κ3) is 2.16. The molecule has 19 heavy (non-hydrogen) atoms. The van der Waals surface area contributed by atoms with Crippen molar-refractivity contribution in [2.24, 2.45) is 5.92 Å². The normalized spacial score (nSPS) is 21.4. The highest BCUT2D eigenvalue weighted by Gasteiger charge is 2.39. The van der Waals surface area contributed by atoms with Crippen LogP contribution in [0.2, 0.25) is 0 Å². The van der Waals surface area contributed by atoms with Crippen molar-refractivity contribution in [2.75, 3.05) is 0 Å². The Morgan fingerprint density at radius 2 is 2.05 bits per heavy atom. The summed E-state index contributed by atoms with van der Waals surface area (Å²) in [6.45, 7) is 5.77. The number of rotatable bonds is 3. The maximum absolute atomic E-state index is 10.8. The molecule has 0 amide bonds. The maximum Gasteiger partial charge on any atom is 0.148 e. The Hall–Kier alpha value is -2.04. The van der Waals surface area contributed by atoms with Gasteiger partial charge in [-0.2, -0.15) is 5.10 Å². The smallest absolute Gasteiger partial charge is 0.148 e. The van der Waals surface area contributed by atoms with E-state index in [1.54, 1.807) is 0 Å². The van der Waals surface area contributed by atoms with Crippen LogP contribution in [0.4, 0.5) is 0 Å². The lowest BCUT2D eigenvalue weighted by Gasteiger charge is -2.07. The SMILES string of the molecule is Cc1cc(-n2nc(C)nc2C)cc([C@@H]2C[C@H]2C=O)n1. The zero-order chi connectivity index (χ0) is 13.6. The molecule has 3 rings (SSSR count). The Balaban J connectivity index is 2.03. The lowest BCUT2D eigenvalue weighted by molar-refractivity contribution is -0.108. The van der Waals surface area contributed by atoms with Crippen molar-refractivity contribution >= 4 is 6.29 Å². The van der Waals surface area contributed by atoms with Gasteiger partial charge in [-0.25, -0.2) is 9.67 Å². The first-order valence-corrected chi connectivity index (χ1v) is 6.43. The summed E-state index contributed by atoms with van der Waals surface area (Å²) in [5.41, 5.74) is 2.90. The Morgan fingerprint density at radius 1 is 1.26 bits per heavy atom. The number of pyridine rings is 1. The molecule has 1 saturated carbocycles. The van der Waals surface area contributed by atoms with Crippen LogP contribution in [-0.4, -0.2) is 26.0 Å². The highest BCUT2D eigenvalue weighted by atomic mass is 16.1. The summed E-state index contributed by atoms with van der Waals surface area (Å²) in [5.74, 6) is 2.03. The Morgan fingerprint density at radius 3 is 2.63 bits per heavy atom. The van der Waals surface area contributed by atoms with Crippen molar-refractivity contribution in [2.45, 2.75) is 33.1 Å². The molecule has 5 nitrogen and oxygen atoms in total. The van der Waals surface area contributed by atoms with E-state index in [0.29, 0.717) is 0 Å². The van der Waals surface area contributed by atoms with E-state index in [9.17, 15) is 4.79 Å². The van der Waals surface area contributed by atoms with Crippen LogP contribution in [0.15, 0.2) is 12.1 Å². The fourth-order valence-electron chi connectivity index (χ4n) is 2.46. The number of nitrogens with zero attached hydrogens (tertiary/aromatic N) is 4. The van der Waals surface area contributed by atoms with E-state index in [4.69, 9.17) is 0 Å². The fraction of sp³-hybridized carbons (Fsp3) is 0.429.